The van der Waals surface area contributed by atoms with Gasteiger partial charge in [0.05, 0.1) is 25.7 Å². The van der Waals surface area contributed by atoms with Crippen LogP contribution in [0, 0.1) is 15.9 Å². The van der Waals surface area contributed by atoms with Gasteiger partial charge in [-0.1, -0.05) is 11.6 Å². The van der Waals surface area contributed by atoms with Crippen LogP contribution in [0.2, 0.25) is 5.02 Å². The molecule has 0 bridgehead atoms. The van der Waals surface area contributed by atoms with Gasteiger partial charge in [-0.2, -0.15) is 0 Å². The quantitative estimate of drug-likeness (QED) is 0.439. The largest absolute Gasteiger partial charge is 0.452 e. The van der Waals surface area contributed by atoms with E-state index >= 15 is 0 Å². The number of nitro benzene ring substituents is 1. The molecular weight excluding hydrogens is 423 g/mol. The molecule has 0 saturated heterocycles. The number of nitrogens with zero attached hydrogens (tertiary/aromatic N) is 1. The Balaban J connectivity index is 1.98. The summed E-state index contributed by atoms with van der Waals surface area (Å²) in [6.07, 6.45) is 0. The number of carbonyl (C=O) groups excluding carboxylic acids is 2. The summed E-state index contributed by atoms with van der Waals surface area (Å²) in [7, 11) is 0. The van der Waals surface area contributed by atoms with Gasteiger partial charge < -0.3 is 10.1 Å². The standard InChI is InChI=1S/C15H9BrClFN2O5/c16-10-3-1-8(5-13(10)20(23)24)15(22)25-7-14(21)19-12-4-2-9(18)6-11(12)17/h1-6H,7H2,(H,19,21). The number of nitro groups is 1. The van der Waals surface area contributed by atoms with Gasteiger partial charge in [-0.25, -0.2) is 9.18 Å². The molecule has 0 aliphatic carbocycles. The van der Waals surface area contributed by atoms with Crippen molar-refractivity contribution < 1.29 is 23.6 Å². The molecule has 2 rings (SSSR count). The Morgan fingerprint density at radius 3 is 2.64 bits per heavy atom. The summed E-state index contributed by atoms with van der Waals surface area (Å²) in [4.78, 5) is 33.8. The molecule has 0 fully saturated rings. The normalized spacial score (nSPS) is 10.2. The highest BCUT2D eigenvalue weighted by Gasteiger charge is 2.18. The number of nitrogens with one attached hydrogen (secondary N) is 1. The number of esters is 1. The van der Waals surface area contributed by atoms with Gasteiger partial charge in [0.15, 0.2) is 6.61 Å². The summed E-state index contributed by atoms with van der Waals surface area (Å²) >= 11 is 8.76. The van der Waals surface area contributed by atoms with Crippen LogP contribution in [0.15, 0.2) is 40.9 Å². The van der Waals surface area contributed by atoms with Crippen LogP contribution in [0.4, 0.5) is 15.8 Å². The molecule has 10 heteroatoms. The molecule has 0 atom stereocenters. The number of carbonyl (C=O) groups is 2. The van der Waals surface area contributed by atoms with Gasteiger partial charge in [0, 0.05) is 6.07 Å². The van der Waals surface area contributed by atoms with Gasteiger partial charge in [-0.05, 0) is 46.3 Å². The molecule has 0 unspecified atom stereocenters. The number of rotatable bonds is 5. The van der Waals surface area contributed by atoms with E-state index in [0.717, 1.165) is 18.2 Å². The van der Waals surface area contributed by atoms with E-state index in [1.54, 1.807) is 0 Å². The number of ether oxygens (including phenoxy) is 1. The lowest BCUT2D eigenvalue weighted by Crippen LogP contribution is -2.21. The van der Waals surface area contributed by atoms with Crippen molar-refractivity contribution in [3.8, 4) is 0 Å². The first-order valence-electron chi connectivity index (χ1n) is 6.64. The molecule has 2 aromatic carbocycles. The van der Waals surface area contributed by atoms with Gasteiger partial charge in [0.2, 0.25) is 0 Å². The van der Waals surface area contributed by atoms with E-state index in [4.69, 9.17) is 16.3 Å². The van der Waals surface area contributed by atoms with E-state index in [1.165, 1.54) is 18.2 Å². The summed E-state index contributed by atoms with van der Waals surface area (Å²) in [6.45, 7) is -0.642. The maximum Gasteiger partial charge on any atom is 0.338 e. The summed E-state index contributed by atoms with van der Waals surface area (Å²) in [5.74, 6) is -2.17. The van der Waals surface area contributed by atoms with Crippen molar-refractivity contribution in [2.75, 3.05) is 11.9 Å². The van der Waals surface area contributed by atoms with Crippen molar-refractivity contribution in [2.45, 2.75) is 0 Å². The number of hydrogen-bond donors (Lipinski definition) is 1. The van der Waals surface area contributed by atoms with Crippen LogP contribution >= 0.6 is 27.5 Å². The number of anilines is 1. The average Bonchev–Trinajstić information content (AvgIpc) is 2.55. The topological polar surface area (TPSA) is 98.5 Å². The predicted octanol–water partition coefficient (Wildman–Crippen LogP) is 3.95. The first-order valence-corrected chi connectivity index (χ1v) is 7.81. The Morgan fingerprint density at radius 2 is 2.00 bits per heavy atom. The Bertz CT molecular complexity index is 862. The van der Waals surface area contributed by atoms with Crippen LogP contribution in [0.25, 0.3) is 0 Å². The number of amides is 1. The molecule has 1 N–H and O–H groups in total. The molecule has 0 radical (unpaired) electrons. The second-order valence-corrected chi connectivity index (χ2v) is 5.93. The monoisotopic (exact) mass is 430 g/mol. The Labute approximate surface area is 154 Å². The Morgan fingerprint density at radius 1 is 1.28 bits per heavy atom. The SMILES string of the molecule is O=C(COC(=O)c1ccc(Br)c([N+](=O)[O-])c1)Nc1ccc(F)cc1Cl. The zero-order valence-electron chi connectivity index (χ0n) is 12.3. The highest BCUT2D eigenvalue weighted by atomic mass is 79.9. The number of benzene rings is 2. The maximum atomic E-state index is 12.9. The summed E-state index contributed by atoms with van der Waals surface area (Å²) in [5, 5.41) is 13.2. The average molecular weight is 432 g/mol. The lowest BCUT2D eigenvalue weighted by molar-refractivity contribution is -0.385. The van der Waals surface area contributed by atoms with Crippen molar-refractivity contribution in [1.82, 2.24) is 0 Å². The van der Waals surface area contributed by atoms with Gasteiger partial charge >= 0.3 is 5.97 Å². The zero-order valence-corrected chi connectivity index (χ0v) is 14.6. The van der Waals surface area contributed by atoms with E-state index in [-0.39, 0.29) is 26.4 Å². The minimum absolute atomic E-state index is 0.0109. The second kappa shape index (κ2) is 8.04. The second-order valence-electron chi connectivity index (χ2n) is 4.67. The molecule has 130 valence electrons. The molecule has 7 nitrogen and oxygen atoms in total. The van der Waals surface area contributed by atoms with Crippen LogP contribution in [0.1, 0.15) is 10.4 Å². The molecule has 0 spiro atoms. The smallest absolute Gasteiger partial charge is 0.338 e. The number of hydrogen-bond acceptors (Lipinski definition) is 5. The van der Waals surface area contributed by atoms with E-state index in [2.05, 4.69) is 21.2 Å². The molecule has 0 aliphatic heterocycles. The van der Waals surface area contributed by atoms with Crippen LogP contribution in [0.3, 0.4) is 0 Å². The number of halogens is 3. The Hall–Kier alpha value is -2.52. The van der Waals surface area contributed by atoms with Crippen LogP contribution in [-0.2, 0) is 9.53 Å². The molecular formula is C15H9BrClFN2O5. The third-order valence-corrected chi connectivity index (χ3v) is 3.90. The minimum atomic E-state index is -0.907. The van der Waals surface area contributed by atoms with E-state index < -0.39 is 29.2 Å². The molecule has 0 aromatic heterocycles. The maximum absolute atomic E-state index is 12.9. The van der Waals surface area contributed by atoms with Crippen molar-refractivity contribution >= 4 is 50.8 Å². The van der Waals surface area contributed by atoms with Gasteiger partial charge in [0.1, 0.15) is 5.82 Å². The fraction of sp³-hybridized carbons (Fsp3) is 0.0667. The fourth-order valence-electron chi connectivity index (χ4n) is 1.77. The highest BCUT2D eigenvalue weighted by molar-refractivity contribution is 9.10. The summed E-state index contributed by atoms with van der Waals surface area (Å²) in [5.41, 5.74) is -0.233. The van der Waals surface area contributed by atoms with E-state index in [1.807, 2.05) is 0 Å². The van der Waals surface area contributed by atoms with Crippen molar-refractivity contribution in [2.24, 2.45) is 0 Å². The molecule has 0 heterocycles. The van der Waals surface area contributed by atoms with Crippen molar-refractivity contribution in [3.05, 3.63) is 67.4 Å². The molecule has 0 aliphatic rings. The van der Waals surface area contributed by atoms with Crippen molar-refractivity contribution in [1.29, 1.82) is 0 Å². The third-order valence-electron chi connectivity index (χ3n) is 2.92. The van der Waals surface area contributed by atoms with Crippen LogP contribution < -0.4 is 5.32 Å². The van der Waals surface area contributed by atoms with E-state index in [0.29, 0.717) is 0 Å². The zero-order chi connectivity index (χ0) is 18.6. The van der Waals surface area contributed by atoms with Gasteiger partial charge in [-0.15, -0.1) is 0 Å². The van der Waals surface area contributed by atoms with E-state index in [9.17, 15) is 24.1 Å². The van der Waals surface area contributed by atoms with Gasteiger partial charge in [-0.3, -0.25) is 14.9 Å². The highest BCUT2D eigenvalue weighted by Crippen LogP contribution is 2.26. The third kappa shape index (κ3) is 4.97. The Kier molecular flexibility index (Phi) is 6.05. The predicted molar refractivity (Wildman–Crippen MR) is 91.1 cm³/mol. The molecule has 25 heavy (non-hydrogen) atoms. The van der Waals surface area contributed by atoms with Crippen LogP contribution in [-0.4, -0.2) is 23.4 Å². The minimum Gasteiger partial charge on any atom is -0.452 e. The van der Waals surface area contributed by atoms with Crippen molar-refractivity contribution in [3.63, 3.8) is 0 Å². The van der Waals surface area contributed by atoms with Gasteiger partial charge in [0.25, 0.3) is 11.6 Å². The van der Waals surface area contributed by atoms with Crippen LogP contribution in [0.5, 0.6) is 0 Å². The fourth-order valence-corrected chi connectivity index (χ4v) is 2.38. The lowest BCUT2D eigenvalue weighted by atomic mass is 10.2. The summed E-state index contributed by atoms with van der Waals surface area (Å²) in [6, 6.07) is 7.05. The lowest BCUT2D eigenvalue weighted by Gasteiger charge is -2.08. The molecule has 1 amide bonds. The summed E-state index contributed by atoms with van der Waals surface area (Å²) < 4.78 is 17.9. The molecule has 0 saturated carbocycles. The first-order chi connectivity index (χ1) is 11.8. The molecule has 2 aromatic rings. The first kappa shape index (κ1) is 18.8.